The zero-order valence-electron chi connectivity index (χ0n) is 22.1. The van der Waals surface area contributed by atoms with Crippen LogP contribution in [0.3, 0.4) is 0 Å². The molecule has 8 nitrogen and oxygen atoms in total. The molecule has 40 heavy (non-hydrogen) atoms. The van der Waals surface area contributed by atoms with Gasteiger partial charge in [0.1, 0.15) is 16.8 Å². The molecule has 1 N–H and O–H groups in total. The van der Waals surface area contributed by atoms with Crippen LogP contribution < -0.4 is 9.21 Å². The minimum atomic E-state index is -3.80. The lowest BCUT2D eigenvalue weighted by Gasteiger charge is -2.19. The van der Waals surface area contributed by atoms with Gasteiger partial charge in [-0.1, -0.05) is 42.5 Å². The van der Waals surface area contributed by atoms with E-state index >= 15 is 0 Å². The Morgan fingerprint density at radius 2 is 1.62 bits per heavy atom. The smallest absolute Gasteiger partial charge is 0.267 e. The van der Waals surface area contributed by atoms with Crippen molar-refractivity contribution in [2.75, 3.05) is 23.3 Å². The molecule has 3 aromatic carbocycles. The first-order valence-corrected chi connectivity index (χ1v) is 14.1. The number of fused-ring (bicyclic) bond motifs is 3. The molecule has 0 bridgehead atoms. The second kappa shape index (κ2) is 9.69. The van der Waals surface area contributed by atoms with Crippen molar-refractivity contribution in [3.63, 3.8) is 0 Å². The summed E-state index contributed by atoms with van der Waals surface area (Å²) in [4.78, 5) is 21.7. The van der Waals surface area contributed by atoms with E-state index in [1.54, 1.807) is 18.0 Å². The van der Waals surface area contributed by atoms with Crippen LogP contribution in [0.5, 0.6) is 0 Å². The van der Waals surface area contributed by atoms with Crippen molar-refractivity contribution >= 4 is 49.2 Å². The van der Waals surface area contributed by atoms with Crippen LogP contribution >= 0.6 is 0 Å². The third kappa shape index (κ3) is 4.20. The summed E-state index contributed by atoms with van der Waals surface area (Å²) in [5, 5.41) is 1.74. The maximum Gasteiger partial charge on any atom is 0.267 e. The number of carbonyl (C=O) groups is 1. The Morgan fingerprint density at radius 1 is 0.900 bits per heavy atom. The Hall–Kier alpha value is -4.89. The van der Waals surface area contributed by atoms with E-state index in [4.69, 9.17) is 9.40 Å². The van der Waals surface area contributed by atoms with E-state index in [0.29, 0.717) is 11.3 Å². The van der Waals surface area contributed by atoms with E-state index in [9.17, 15) is 13.2 Å². The highest BCUT2D eigenvalue weighted by Gasteiger charge is 2.24. The normalized spacial score (nSPS) is 11.7. The van der Waals surface area contributed by atoms with Crippen LogP contribution in [0.2, 0.25) is 0 Å². The van der Waals surface area contributed by atoms with Gasteiger partial charge in [0.05, 0.1) is 12.0 Å². The summed E-state index contributed by atoms with van der Waals surface area (Å²) in [6.45, 7) is 1.53. The zero-order valence-corrected chi connectivity index (χ0v) is 22.9. The Bertz CT molecular complexity index is 1960. The van der Waals surface area contributed by atoms with E-state index in [1.807, 2.05) is 72.9 Å². The number of aromatic nitrogens is 2. The number of rotatable bonds is 6. The number of hydrogen-bond acceptors (Lipinski definition) is 5. The molecule has 200 valence electrons. The van der Waals surface area contributed by atoms with E-state index in [1.165, 1.54) is 36.9 Å². The van der Waals surface area contributed by atoms with Crippen LogP contribution in [0.4, 0.5) is 11.4 Å². The predicted octanol–water partition coefficient (Wildman–Crippen LogP) is 6.45. The molecule has 3 heterocycles. The number of nitrogens with zero attached hydrogens (tertiary/aromatic N) is 3. The Kier molecular flexibility index (Phi) is 6.15. The zero-order chi connectivity index (χ0) is 28.0. The van der Waals surface area contributed by atoms with E-state index in [2.05, 4.69) is 4.98 Å². The molecule has 6 rings (SSSR count). The fraction of sp³-hybridized carbons (Fsp3) is 0.0968. The SMILES string of the molecule is CC(=O)N(C)c1ccc(-c2cnc3[nH]c4ccc(N(C)S(=O)(=O)c5ccoc5)cc4c3c2-c2ccccc2)cc1. The minimum absolute atomic E-state index is 0.0461. The predicted molar refractivity (Wildman–Crippen MR) is 158 cm³/mol. The molecule has 0 atom stereocenters. The van der Waals surface area contributed by atoms with Gasteiger partial charge < -0.3 is 14.3 Å². The third-order valence-corrected chi connectivity index (χ3v) is 8.98. The Morgan fingerprint density at radius 3 is 2.30 bits per heavy atom. The van der Waals surface area contributed by atoms with Gasteiger partial charge in [-0.2, -0.15) is 0 Å². The molecule has 6 aromatic rings. The number of nitrogens with one attached hydrogen (secondary N) is 1. The number of aromatic amines is 1. The summed E-state index contributed by atoms with van der Waals surface area (Å²) in [7, 11) is -0.527. The lowest BCUT2D eigenvalue weighted by atomic mass is 9.92. The summed E-state index contributed by atoms with van der Waals surface area (Å²) in [6.07, 6.45) is 4.41. The molecule has 1 amide bonds. The number of amides is 1. The van der Waals surface area contributed by atoms with Crippen molar-refractivity contribution in [3.8, 4) is 22.3 Å². The van der Waals surface area contributed by atoms with Gasteiger partial charge >= 0.3 is 0 Å². The second-order valence-electron chi connectivity index (χ2n) is 9.55. The quantitative estimate of drug-likeness (QED) is 0.257. The number of sulfonamides is 1. The lowest BCUT2D eigenvalue weighted by Crippen LogP contribution is -2.26. The topological polar surface area (TPSA) is 99.5 Å². The van der Waals surface area contributed by atoms with Crippen molar-refractivity contribution in [1.82, 2.24) is 9.97 Å². The maximum atomic E-state index is 13.2. The van der Waals surface area contributed by atoms with Gasteiger partial charge in [-0.25, -0.2) is 13.4 Å². The lowest BCUT2D eigenvalue weighted by molar-refractivity contribution is -0.116. The molecule has 0 aliphatic heterocycles. The monoisotopic (exact) mass is 550 g/mol. The molecule has 0 aliphatic rings. The molecule has 0 fully saturated rings. The van der Waals surface area contributed by atoms with Crippen LogP contribution in [0.1, 0.15) is 6.92 Å². The van der Waals surface area contributed by atoms with Crippen molar-refractivity contribution in [3.05, 3.63) is 97.6 Å². The van der Waals surface area contributed by atoms with Gasteiger partial charge in [0.15, 0.2) is 0 Å². The summed E-state index contributed by atoms with van der Waals surface area (Å²) in [6, 6.07) is 24.8. The summed E-state index contributed by atoms with van der Waals surface area (Å²) < 4.78 is 32.7. The van der Waals surface area contributed by atoms with E-state index in [-0.39, 0.29) is 10.8 Å². The average molecular weight is 551 g/mol. The molecule has 3 aromatic heterocycles. The highest BCUT2D eigenvalue weighted by atomic mass is 32.2. The van der Waals surface area contributed by atoms with Crippen LogP contribution in [0.25, 0.3) is 44.2 Å². The first-order chi connectivity index (χ1) is 19.3. The molecule has 0 aliphatic carbocycles. The number of H-pyrrole nitrogens is 1. The number of carbonyl (C=O) groups excluding carboxylic acids is 1. The van der Waals surface area contributed by atoms with Gasteiger partial charge in [0.25, 0.3) is 10.0 Å². The summed E-state index contributed by atoms with van der Waals surface area (Å²) in [5.41, 5.74) is 6.68. The van der Waals surface area contributed by atoms with Crippen molar-refractivity contribution in [2.24, 2.45) is 0 Å². The molecule has 0 unspecified atom stereocenters. The largest absolute Gasteiger partial charge is 0.471 e. The molecule has 0 spiro atoms. The van der Waals surface area contributed by atoms with Crippen molar-refractivity contribution < 1.29 is 17.6 Å². The van der Waals surface area contributed by atoms with Gasteiger partial charge in [0, 0.05) is 60.3 Å². The number of anilines is 2. The second-order valence-corrected chi connectivity index (χ2v) is 11.5. The average Bonchev–Trinajstić information content (AvgIpc) is 3.65. The van der Waals surface area contributed by atoms with Crippen molar-refractivity contribution in [1.29, 1.82) is 0 Å². The number of hydrogen-bond donors (Lipinski definition) is 1. The number of benzene rings is 3. The van der Waals surface area contributed by atoms with Gasteiger partial charge in [0.2, 0.25) is 5.91 Å². The standard InChI is InChI=1S/C31H26N4O4S/c1-20(36)34(2)23-11-9-21(10-12-23)27-18-32-31-30(29(27)22-7-5-4-6-8-22)26-17-24(13-14-28(26)33-31)35(3)40(37,38)25-15-16-39-19-25/h4-19H,1-3H3,(H,32,33). The van der Waals surface area contributed by atoms with Crippen molar-refractivity contribution in [2.45, 2.75) is 11.8 Å². The summed E-state index contributed by atoms with van der Waals surface area (Å²) >= 11 is 0. The number of furan rings is 1. The Labute approximate surface area is 231 Å². The maximum absolute atomic E-state index is 13.2. The first-order valence-electron chi connectivity index (χ1n) is 12.6. The van der Waals surface area contributed by atoms with Gasteiger partial charge in [-0.3, -0.25) is 9.10 Å². The first kappa shape index (κ1) is 25.4. The van der Waals surface area contributed by atoms with Crippen LogP contribution in [-0.2, 0) is 14.8 Å². The van der Waals surface area contributed by atoms with Crippen LogP contribution in [0, 0.1) is 0 Å². The molecular weight excluding hydrogens is 524 g/mol. The fourth-order valence-electron chi connectivity index (χ4n) is 4.91. The van der Waals surface area contributed by atoms with Gasteiger partial charge in [-0.05, 0) is 47.5 Å². The summed E-state index contributed by atoms with van der Waals surface area (Å²) in [5.74, 6) is -0.0461. The van der Waals surface area contributed by atoms with Crippen LogP contribution in [0.15, 0.2) is 107 Å². The fourth-order valence-corrected chi connectivity index (χ4v) is 6.02. The molecule has 0 saturated heterocycles. The highest BCUT2D eigenvalue weighted by molar-refractivity contribution is 7.92. The Balaban J connectivity index is 1.57. The van der Waals surface area contributed by atoms with E-state index < -0.39 is 10.0 Å². The molecule has 0 radical (unpaired) electrons. The molecular formula is C31H26N4O4S. The van der Waals surface area contributed by atoms with Crippen LogP contribution in [-0.4, -0.2) is 38.4 Å². The minimum Gasteiger partial charge on any atom is -0.471 e. The molecule has 9 heteroatoms. The van der Waals surface area contributed by atoms with Gasteiger partial charge in [-0.15, -0.1) is 0 Å². The third-order valence-electron chi connectivity index (χ3n) is 7.22. The highest BCUT2D eigenvalue weighted by Crippen LogP contribution is 2.41. The molecule has 0 saturated carbocycles. The number of pyridine rings is 1. The van der Waals surface area contributed by atoms with E-state index in [0.717, 1.165) is 44.2 Å².